The fourth-order valence-corrected chi connectivity index (χ4v) is 2.25. The monoisotopic (exact) mass is 309 g/mol. The summed E-state index contributed by atoms with van der Waals surface area (Å²) in [6, 6.07) is -0.647. The molecule has 0 aromatic rings. The summed E-state index contributed by atoms with van der Waals surface area (Å²) in [4.78, 5) is 25.7. The minimum absolute atomic E-state index is 0.275. The Bertz CT molecular complexity index is 385. The van der Waals surface area contributed by atoms with Crippen molar-refractivity contribution in [3.05, 3.63) is 0 Å². The van der Waals surface area contributed by atoms with Gasteiger partial charge in [-0.15, -0.1) is 0 Å². The van der Waals surface area contributed by atoms with Crippen LogP contribution < -0.4 is 5.32 Å². The Morgan fingerprint density at radius 2 is 1.90 bits per heavy atom. The number of amides is 2. The average molecular weight is 309 g/mol. The molecule has 0 radical (unpaired) electrons. The number of piperidine rings is 1. The molecule has 1 saturated heterocycles. The van der Waals surface area contributed by atoms with E-state index in [9.17, 15) is 22.8 Å². The molecule has 1 fully saturated rings. The summed E-state index contributed by atoms with van der Waals surface area (Å²) >= 11 is 0. The summed E-state index contributed by atoms with van der Waals surface area (Å²) in [6.45, 7) is 0.592. The van der Waals surface area contributed by atoms with Crippen LogP contribution in [0.5, 0.6) is 0 Å². The Kier molecular flexibility index (Phi) is 6.00. The molecular formula is C13H22F3N3O2. The van der Waals surface area contributed by atoms with E-state index in [-0.39, 0.29) is 5.92 Å². The maximum Gasteiger partial charge on any atom is 0.406 e. The van der Waals surface area contributed by atoms with Crippen LogP contribution >= 0.6 is 0 Å². The standard InChI is InChI=1S/C13H22F3N3O2/c1-9-4-5-17-10(6-9)12(21)19(8-13(14,15)16)7-11(20)18(2)3/h9-10,17H,4-8H2,1-3H3. The molecule has 1 rings (SSSR count). The van der Waals surface area contributed by atoms with Gasteiger partial charge < -0.3 is 15.1 Å². The number of hydrogen-bond donors (Lipinski definition) is 1. The molecule has 122 valence electrons. The summed E-state index contributed by atoms with van der Waals surface area (Å²) in [5.41, 5.74) is 0. The van der Waals surface area contributed by atoms with Crippen LogP contribution in [0.1, 0.15) is 19.8 Å². The number of nitrogens with one attached hydrogen (secondary N) is 1. The Balaban J connectivity index is 2.78. The zero-order valence-electron chi connectivity index (χ0n) is 12.5. The quantitative estimate of drug-likeness (QED) is 0.838. The van der Waals surface area contributed by atoms with Gasteiger partial charge in [0.15, 0.2) is 0 Å². The van der Waals surface area contributed by atoms with E-state index in [1.165, 1.54) is 19.0 Å². The maximum atomic E-state index is 12.6. The predicted molar refractivity (Wildman–Crippen MR) is 71.5 cm³/mol. The van der Waals surface area contributed by atoms with E-state index in [1.807, 2.05) is 6.92 Å². The predicted octanol–water partition coefficient (Wildman–Crippen LogP) is 0.854. The number of likely N-dealkylation sites (N-methyl/N-ethyl adjacent to an activating group) is 1. The molecule has 2 unspecified atom stereocenters. The third-order valence-corrected chi connectivity index (χ3v) is 3.47. The number of hydrogen-bond acceptors (Lipinski definition) is 3. The van der Waals surface area contributed by atoms with Crippen molar-refractivity contribution in [2.24, 2.45) is 5.92 Å². The molecule has 1 aliphatic rings. The van der Waals surface area contributed by atoms with Crippen molar-refractivity contribution in [2.75, 3.05) is 33.7 Å². The van der Waals surface area contributed by atoms with Crippen LogP contribution in [-0.4, -0.2) is 67.6 Å². The second-order valence-corrected chi connectivity index (χ2v) is 5.73. The lowest BCUT2D eigenvalue weighted by Gasteiger charge is -2.32. The fraction of sp³-hybridized carbons (Fsp3) is 0.846. The summed E-state index contributed by atoms with van der Waals surface area (Å²) < 4.78 is 37.9. The molecule has 1 N–H and O–H groups in total. The number of rotatable bonds is 4. The van der Waals surface area contributed by atoms with Gasteiger partial charge in [0.2, 0.25) is 11.8 Å². The fourth-order valence-electron chi connectivity index (χ4n) is 2.25. The van der Waals surface area contributed by atoms with E-state index < -0.39 is 37.1 Å². The van der Waals surface area contributed by atoms with E-state index in [1.54, 1.807) is 0 Å². The molecule has 21 heavy (non-hydrogen) atoms. The molecule has 1 heterocycles. The molecule has 0 bridgehead atoms. The van der Waals surface area contributed by atoms with Crippen molar-refractivity contribution < 1.29 is 22.8 Å². The topological polar surface area (TPSA) is 52.7 Å². The van der Waals surface area contributed by atoms with Crippen molar-refractivity contribution in [1.29, 1.82) is 0 Å². The average Bonchev–Trinajstić information content (AvgIpc) is 2.35. The lowest BCUT2D eigenvalue weighted by atomic mass is 9.93. The second-order valence-electron chi connectivity index (χ2n) is 5.73. The number of alkyl halides is 3. The van der Waals surface area contributed by atoms with Crippen molar-refractivity contribution in [1.82, 2.24) is 15.1 Å². The highest BCUT2D eigenvalue weighted by molar-refractivity contribution is 5.87. The van der Waals surface area contributed by atoms with Gasteiger partial charge >= 0.3 is 6.18 Å². The normalized spacial score (nSPS) is 22.8. The smallest absolute Gasteiger partial charge is 0.347 e. The SMILES string of the molecule is CC1CCNC(C(=O)N(CC(=O)N(C)C)CC(F)(F)F)C1. The highest BCUT2D eigenvalue weighted by Gasteiger charge is 2.37. The van der Waals surface area contributed by atoms with Crippen LogP contribution in [0.2, 0.25) is 0 Å². The van der Waals surface area contributed by atoms with Gasteiger partial charge in [0, 0.05) is 14.1 Å². The third kappa shape index (κ3) is 5.91. The molecule has 2 amide bonds. The van der Waals surface area contributed by atoms with Crippen LogP contribution in [0.3, 0.4) is 0 Å². The molecule has 0 aromatic carbocycles. The third-order valence-electron chi connectivity index (χ3n) is 3.47. The summed E-state index contributed by atoms with van der Waals surface area (Å²) in [5.74, 6) is -0.914. The van der Waals surface area contributed by atoms with E-state index in [0.29, 0.717) is 17.9 Å². The molecule has 8 heteroatoms. The molecule has 0 aromatic heterocycles. The minimum Gasteiger partial charge on any atom is -0.347 e. The van der Waals surface area contributed by atoms with Crippen LogP contribution in [0.25, 0.3) is 0 Å². The van der Waals surface area contributed by atoms with E-state index in [0.717, 1.165) is 6.42 Å². The lowest BCUT2D eigenvalue weighted by molar-refractivity contribution is -0.165. The lowest BCUT2D eigenvalue weighted by Crippen LogP contribution is -2.54. The van der Waals surface area contributed by atoms with Crippen LogP contribution in [0.4, 0.5) is 13.2 Å². The van der Waals surface area contributed by atoms with Crippen molar-refractivity contribution in [3.63, 3.8) is 0 Å². The first-order valence-electron chi connectivity index (χ1n) is 6.89. The van der Waals surface area contributed by atoms with E-state index in [2.05, 4.69) is 5.32 Å². The number of carbonyl (C=O) groups excluding carboxylic acids is 2. The van der Waals surface area contributed by atoms with Crippen molar-refractivity contribution in [3.8, 4) is 0 Å². The van der Waals surface area contributed by atoms with Gasteiger partial charge in [-0.05, 0) is 25.3 Å². The number of nitrogens with zero attached hydrogens (tertiary/aromatic N) is 2. The summed E-state index contributed by atoms with van der Waals surface area (Å²) in [6.07, 6.45) is -3.15. The Hall–Kier alpha value is -1.31. The zero-order chi connectivity index (χ0) is 16.2. The number of carbonyl (C=O) groups is 2. The van der Waals surface area contributed by atoms with Crippen LogP contribution in [-0.2, 0) is 9.59 Å². The van der Waals surface area contributed by atoms with Gasteiger partial charge in [0.25, 0.3) is 0 Å². The summed E-state index contributed by atoms with van der Waals surface area (Å²) in [7, 11) is 2.89. The molecule has 2 atom stereocenters. The first-order chi connectivity index (χ1) is 9.60. The highest BCUT2D eigenvalue weighted by atomic mass is 19.4. The second kappa shape index (κ2) is 7.11. The molecule has 0 aliphatic carbocycles. The van der Waals surface area contributed by atoms with Gasteiger partial charge in [-0.1, -0.05) is 6.92 Å². The van der Waals surface area contributed by atoms with Gasteiger partial charge in [-0.3, -0.25) is 9.59 Å². The molecular weight excluding hydrogens is 287 g/mol. The Labute approximate surface area is 122 Å². The minimum atomic E-state index is -4.53. The zero-order valence-corrected chi connectivity index (χ0v) is 12.5. The van der Waals surface area contributed by atoms with Crippen LogP contribution in [0, 0.1) is 5.92 Å². The van der Waals surface area contributed by atoms with E-state index >= 15 is 0 Å². The van der Waals surface area contributed by atoms with Crippen molar-refractivity contribution >= 4 is 11.8 Å². The van der Waals surface area contributed by atoms with Crippen LogP contribution in [0.15, 0.2) is 0 Å². The first-order valence-corrected chi connectivity index (χ1v) is 6.89. The maximum absolute atomic E-state index is 12.6. The molecule has 5 nitrogen and oxygen atoms in total. The van der Waals surface area contributed by atoms with Gasteiger partial charge in [-0.25, -0.2) is 0 Å². The molecule has 0 spiro atoms. The molecule has 0 saturated carbocycles. The first kappa shape index (κ1) is 17.7. The van der Waals surface area contributed by atoms with Gasteiger partial charge in [-0.2, -0.15) is 13.2 Å². The Morgan fingerprint density at radius 1 is 1.29 bits per heavy atom. The summed E-state index contributed by atoms with van der Waals surface area (Å²) in [5, 5.41) is 2.93. The highest BCUT2D eigenvalue weighted by Crippen LogP contribution is 2.20. The molecule has 1 aliphatic heterocycles. The number of halogens is 3. The van der Waals surface area contributed by atoms with Gasteiger partial charge in [0.1, 0.15) is 13.1 Å². The largest absolute Gasteiger partial charge is 0.406 e. The van der Waals surface area contributed by atoms with Crippen molar-refractivity contribution in [2.45, 2.75) is 32.0 Å². The Morgan fingerprint density at radius 3 is 2.38 bits per heavy atom. The van der Waals surface area contributed by atoms with Gasteiger partial charge in [0.05, 0.1) is 6.04 Å². The van der Waals surface area contributed by atoms with E-state index in [4.69, 9.17) is 0 Å².